The minimum absolute atomic E-state index is 0.334. The first-order chi connectivity index (χ1) is 7.18. The molecular formula is C14H16O. The first kappa shape index (κ1) is 10.0. The highest BCUT2D eigenvalue weighted by molar-refractivity contribution is 5.36. The van der Waals surface area contributed by atoms with E-state index in [0.29, 0.717) is 5.92 Å². The van der Waals surface area contributed by atoms with Crippen LogP contribution in [-0.4, -0.2) is 0 Å². The first-order valence-electron chi connectivity index (χ1n) is 5.29. The van der Waals surface area contributed by atoms with Gasteiger partial charge in [0.15, 0.2) is 0 Å². The van der Waals surface area contributed by atoms with Crippen molar-refractivity contribution in [2.24, 2.45) is 0 Å². The summed E-state index contributed by atoms with van der Waals surface area (Å²) >= 11 is 0. The maximum atomic E-state index is 5.43. The van der Waals surface area contributed by atoms with Crippen molar-refractivity contribution in [1.29, 1.82) is 0 Å². The number of rotatable bonds is 2. The van der Waals surface area contributed by atoms with E-state index in [1.54, 1.807) is 6.26 Å². The molecule has 0 spiro atoms. The molecule has 0 radical (unpaired) electrons. The summed E-state index contributed by atoms with van der Waals surface area (Å²) in [6.07, 6.45) is 1.73. The summed E-state index contributed by atoms with van der Waals surface area (Å²) in [4.78, 5) is 0. The molecule has 0 fully saturated rings. The molecule has 1 aromatic carbocycles. The van der Waals surface area contributed by atoms with Crippen molar-refractivity contribution in [3.8, 4) is 0 Å². The van der Waals surface area contributed by atoms with Gasteiger partial charge in [0.2, 0.25) is 0 Å². The second-order valence-electron chi connectivity index (χ2n) is 4.10. The van der Waals surface area contributed by atoms with Crippen molar-refractivity contribution < 1.29 is 4.42 Å². The number of benzene rings is 1. The van der Waals surface area contributed by atoms with Gasteiger partial charge in [-0.25, -0.2) is 0 Å². The Hall–Kier alpha value is -1.50. The van der Waals surface area contributed by atoms with E-state index in [0.717, 1.165) is 5.76 Å². The average Bonchev–Trinajstić information content (AvgIpc) is 2.69. The molecule has 0 bridgehead atoms. The predicted octanol–water partition coefficient (Wildman–Crippen LogP) is 4.05. The van der Waals surface area contributed by atoms with E-state index < -0.39 is 0 Å². The largest absolute Gasteiger partial charge is 0.469 e. The summed E-state index contributed by atoms with van der Waals surface area (Å²) in [5, 5.41) is 0. The van der Waals surface area contributed by atoms with Crippen molar-refractivity contribution in [2.75, 3.05) is 0 Å². The standard InChI is InChI=1S/C14H16O/c1-10-6-7-13(11(2)9-10)12(3)14-5-4-8-15-14/h4-9,12H,1-3H3. The van der Waals surface area contributed by atoms with E-state index in [-0.39, 0.29) is 0 Å². The SMILES string of the molecule is Cc1ccc(C(C)c2ccco2)c(C)c1. The zero-order valence-corrected chi connectivity index (χ0v) is 9.45. The molecule has 0 saturated heterocycles. The van der Waals surface area contributed by atoms with Gasteiger partial charge in [-0.15, -0.1) is 0 Å². The van der Waals surface area contributed by atoms with Gasteiger partial charge in [0, 0.05) is 5.92 Å². The highest BCUT2D eigenvalue weighted by Gasteiger charge is 2.12. The van der Waals surface area contributed by atoms with Gasteiger partial charge in [-0.1, -0.05) is 30.7 Å². The Bertz CT molecular complexity index is 440. The monoisotopic (exact) mass is 200 g/mol. The molecule has 1 unspecified atom stereocenters. The zero-order valence-electron chi connectivity index (χ0n) is 9.45. The molecule has 0 amide bonds. The van der Waals surface area contributed by atoms with E-state index in [1.807, 2.05) is 12.1 Å². The Morgan fingerprint density at radius 1 is 1.13 bits per heavy atom. The lowest BCUT2D eigenvalue weighted by atomic mass is 9.93. The van der Waals surface area contributed by atoms with Gasteiger partial charge in [-0.2, -0.15) is 0 Å². The predicted molar refractivity (Wildman–Crippen MR) is 62.1 cm³/mol. The van der Waals surface area contributed by atoms with Crippen molar-refractivity contribution >= 4 is 0 Å². The Labute approximate surface area is 90.7 Å². The number of hydrogen-bond acceptors (Lipinski definition) is 1. The Balaban J connectivity index is 2.38. The Kier molecular flexibility index (Phi) is 2.63. The molecule has 0 aliphatic rings. The summed E-state index contributed by atoms with van der Waals surface area (Å²) in [5.41, 5.74) is 3.98. The van der Waals surface area contributed by atoms with Crippen LogP contribution in [0.2, 0.25) is 0 Å². The molecule has 78 valence electrons. The molecule has 0 saturated carbocycles. The maximum Gasteiger partial charge on any atom is 0.110 e. The van der Waals surface area contributed by atoms with E-state index >= 15 is 0 Å². The van der Waals surface area contributed by atoms with Crippen LogP contribution in [0, 0.1) is 13.8 Å². The molecule has 1 heterocycles. The second kappa shape index (κ2) is 3.93. The minimum Gasteiger partial charge on any atom is -0.469 e. The molecular weight excluding hydrogens is 184 g/mol. The third kappa shape index (κ3) is 1.96. The molecule has 0 aliphatic heterocycles. The summed E-state index contributed by atoms with van der Waals surface area (Å²) in [7, 11) is 0. The van der Waals surface area contributed by atoms with Gasteiger partial charge in [0.05, 0.1) is 6.26 Å². The molecule has 2 rings (SSSR count). The molecule has 15 heavy (non-hydrogen) atoms. The lowest BCUT2D eigenvalue weighted by Crippen LogP contribution is -1.97. The average molecular weight is 200 g/mol. The normalized spacial score (nSPS) is 12.7. The van der Waals surface area contributed by atoms with E-state index in [9.17, 15) is 0 Å². The van der Waals surface area contributed by atoms with E-state index in [2.05, 4.69) is 39.0 Å². The van der Waals surface area contributed by atoms with Crippen LogP contribution in [0.1, 0.15) is 35.3 Å². The third-order valence-electron chi connectivity index (χ3n) is 2.86. The van der Waals surface area contributed by atoms with Crippen LogP contribution in [-0.2, 0) is 0 Å². The Morgan fingerprint density at radius 2 is 1.93 bits per heavy atom. The van der Waals surface area contributed by atoms with E-state index in [4.69, 9.17) is 4.42 Å². The summed E-state index contributed by atoms with van der Waals surface area (Å²) < 4.78 is 5.43. The molecule has 0 aliphatic carbocycles. The smallest absolute Gasteiger partial charge is 0.110 e. The Morgan fingerprint density at radius 3 is 2.53 bits per heavy atom. The van der Waals surface area contributed by atoms with Crippen molar-refractivity contribution in [3.63, 3.8) is 0 Å². The highest BCUT2D eigenvalue weighted by Crippen LogP contribution is 2.27. The lowest BCUT2D eigenvalue weighted by Gasteiger charge is -2.12. The van der Waals surface area contributed by atoms with Gasteiger partial charge in [0.25, 0.3) is 0 Å². The maximum absolute atomic E-state index is 5.43. The number of aryl methyl sites for hydroxylation is 2. The quantitative estimate of drug-likeness (QED) is 0.712. The molecule has 1 atom stereocenters. The molecule has 2 aromatic rings. The van der Waals surface area contributed by atoms with Crippen LogP contribution in [0.3, 0.4) is 0 Å². The fourth-order valence-corrected chi connectivity index (χ4v) is 2.00. The van der Waals surface area contributed by atoms with Crippen LogP contribution >= 0.6 is 0 Å². The summed E-state index contributed by atoms with van der Waals surface area (Å²) in [5.74, 6) is 1.36. The topological polar surface area (TPSA) is 13.1 Å². The van der Waals surface area contributed by atoms with Crippen LogP contribution < -0.4 is 0 Å². The zero-order chi connectivity index (χ0) is 10.8. The van der Waals surface area contributed by atoms with Crippen molar-refractivity contribution in [2.45, 2.75) is 26.7 Å². The van der Waals surface area contributed by atoms with Crippen LogP contribution in [0.15, 0.2) is 41.0 Å². The van der Waals surface area contributed by atoms with Gasteiger partial charge >= 0.3 is 0 Å². The first-order valence-corrected chi connectivity index (χ1v) is 5.29. The van der Waals surface area contributed by atoms with Crippen LogP contribution in [0.5, 0.6) is 0 Å². The summed E-state index contributed by atoms with van der Waals surface area (Å²) in [6, 6.07) is 10.5. The van der Waals surface area contributed by atoms with Gasteiger partial charge in [-0.3, -0.25) is 0 Å². The number of hydrogen-bond donors (Lipinski definition) is 0. The molecule has 1 aromatic heterocycles. The lowest BCUT2D eigenvalue weighted by molar-refractivity contribution is 0.495. The van der Waals surface area contributed by atoms with E-state index in [1.165, 1.54) is 16.7 Å². The van der Waals surface area contributed by atoms with Gasteiger partial charge in [-0.05, 0) is 37.1 Å². The highest BCUT2D eigenvalue weighted by atomic mass is 16.3. The third-order valence-corrected chi connectivity index (χ3v) is 2.86. The summed E-state index contributed by atoms with van der Waals surface area (Å²) in [6.45, 7) is 6.45. The van der Waals surface area contributed by atoms with Gasteiger partial charge < -0.3 is 4.42 Å². The molecule has 1 nitrogen and oxygen atoms in total. The van der Waals surface area contributed by atoms with Crippen molar-refractivity contribution in [3.05, 3.63) is 59.0 Å². The number of furan rings is 1. The fraction of sp³-hybridized carbons (Fsp3) is 0.286. The van der Waals surface area contributed by atoms with Crippen molar-refractivity contribution in [1.82, 2.24) is 0 Å². The van der Waals surface area contributed by atoms with Gasteiger partial charge in [0.1, 0.15) is 5.76 Å². The van der Waals surface area contributed by atoms with Crippen LogP contribution in [0.4, 0.5) is 0 Å². The fourth-order valence-electron chi connectivity index (χ4n) is 2.00. The minimum atomic E-state index is 0.334. The molecule has 0 N–H and O–H groups in total. The molecule has 1 heteroatoms. The van der Waals surface area contributed by atoms with Crippen LogP contribution in [0.25, 0.3) is 0 Å². The second-order valence-corrected chi connectivity index (χ2v) is 4.10.